The van der Waals surface area contributed by atoms with Gasteiger partial charge in [0.15, 0.2) is 0 Å². The average molecular weight is 96.9 g/mol. The van der Waals surface area contributed by atoms with E-state index >= 15 is 0 Å². The molecule has 1 heterocycles. The molecule has 7 heavy (non-hydrogen) atoms. The molecular formula is C5H10BO. The molecule has 0 saturated carbocycles. The summed E-state index contributed by atoms with van der Waals surface area (Å²) in [4.78, 5) is 0. The van der Waals surface area contributed by atoms with Gasteiger partial charge in [0.25, 0.3) is 0 Å². The van der Waals surface area contributed by atoms with Crippen molar-refractivity contribution in [1.29, 1.82) is 0 Å². The van der Waals surface area contributed by atoms with Crippen molar-refractivity contribution in [3.05, 3.63) is 0 Å². The fourth-order valence-corrected chi connectivity index (χ4v) is 0.991. The van der Waals surface area contributed by atoms with Gasteiger partial charge in [0.2, 0.25) is 0 Å². The summed E-state index contributed by atoms with van der Waals surface area (Å²) in [5.41, 5.74) is 0. The lowest BCUT2D eigenvalue weighted by Crippen LogP contribution is -1.97. The zero-order valence-electron chi connectivity index (χ0n) is 4.43. The van der Waals surface area contributed by atoms with E-state index in [0.717, 1.165) is 6.32 Å². The molecule has 1 fully saturated rings. The first-order chi connectivity index (χ1) is 3.43. The molecule has 39 valence electrons. The van der Waals surface area contributed by atoms with Gasteiger partial charge in [-0.1, -0.05) is 19.1 Å². The monoisotopic (exact) mass is 97.1 g/mol. The molecule has 1 saturated heterocycles. The molecule has 0 aromatic heterocycles. The van der Waals surface area contributed by atoms with Crippen LogP contribution in [0.4, 0.5) is 0 Å². The first kappa shape index (κ1) is 5.17. The normalized spacial score (nSPS) is 30.1. The smallest absolute Gasteiger partial charge is 0.109 e. The Morgan fingerprint density at radius 1 is 1.71 bits per heavy atom. The Morgan fingerprint density at radius 2 is 2.57 bits per heavy atom. The Kier molecular flexibility index (Phi) is 1.74. The molecule has 1 radical (unpaired) electrons. The van der Waals surface area contributed by atoms with E-state index in [1.165, 1.54) is 12.7 Å². The van der Waals surface area contributed by atoms with Gasteiger partial charge in [0.1, 0.15) is 7.28 Å². The zero-order chi connectivity index (χ0) is 5.11. The Morgan fingerprint density at radius 3 is 2.86 bits per heavy atom. The Bertz CT molecular complexity index is 50.0. The van der Waals surface area contributed by atoms with Crippen LogP contribution in [-0.2, 0) is 0 Å². The van der Waals surface area contributed by atoms with Crippen molar-refractivity contribution in [2.24, 2.45) is 5.92 Å². The van der Waals surface area contributed by atoms with Crippen LogP contribution in [0.5, 0.6) is 0 Å². The fourth-order valence-electron chi connectivity index (χ4n) is 0.991. The van der Waals surface area contributed by atoms with Gasteiger partial charge in [-0.05, 0) is 5.92 Å². The van der Waals surface area contributed by atoms with Gasteiger partial charge in [-0.25, -0.2) is 0 Å². The fraction of sp³-hybridized carbons (Fsp3) is 1.00. The van der Waals surface area contributed by atoms with Crippen molar-refractivity contribution in [3.63, 3.8) is 0 Å². The quantitative estimate of drug-likeness (QED) is 0.473. The molecule has 1 N–H and O–H groups in total. The molecular weight excluding hydrogens is 86.9 g/mol. The summed E-state index contributed by atoms with van der Waals surface area (Å²) in [5, 5.41) is 8.55. The number of rotatable bonds is 1. The Labute approximate surface area is 45.0 Å². The molecule has 0 amide bonds. The summed E-state index contributed by atoms with van der Waals surface area (Å²) in [6.45, 7) is 0.385. The highest BCUT2D eigenvalue weighted by Gasteiger charge is 2.13. The summed E-state index contributed by atoms with van der Waals surface area (Å²) in [5.74, 6) is 0.597. The minimum atomic E-state index is 0.385. The van der Waals surface area contributed by atoms with Crippen molar-refractivity contribution in [3.8, 4) is 0 Å². The summed E-state index contributed by atoms with van der Waals surface area (Å²) < 4.78 is 0. The van der Waals surface area contributed by atoms with Crippen LogP contribution in [0.15, 0.2) is 0 Å². The second-order valence-electron chi connectivity index (χ2n) is 2.15. The average Bonchev–Trinajstić information content (AvgIpc) is 2.14. The maximum absolute atomic E-state index is 8.55. The molecule has 0 aliphatic carbocycles. The molecule has 0 aromatic rings. The highest BCUT2D eigenvalue weighted by molar-refractivity contribution is 6.36. The van der Waals surface area contributed by atoms with Gasteiger partial charge >= 0.3 is 0 Å². The molecule has 0 spiro atoms. The second-order valence-corrected chi connectivity index (χ2v) is 2.15. The Hall–Kier alpha value is 0.0249. The molecule has 1 unspecified atom stereocenters. The van der Waals surface area contributed by atoms with Crippen LogP contribution in [0.1, 0.15) is 6.42 Å². The van der Waals surface area contributed by atoms with E-state index in [0.29, 0.717) is 12.5 Å². The molecule has 1 atom stereocenters. The Balaban J connectivity index is 2.14. The summed E-state index contributed by atoms with van der Waals surface area (Å²) >= 11 is 0. The van der Waals surface area contributed by atoms with Gasteiger partial charge in [0, 0.05) is 6.61 Å². The van der Waals surface area contributed by atoms with Crippen molar-refractivity contribution < 1.29 is 5.11 Å². The highest BCUT2D eigenvalue weighted by Crippen LogP contribution is 2.18. The van der Waals surface area contributed by atoms with Crippen LogP contribution in [-0.4, -0.2) is 19.0 Å². The third kappa shape index (κ3) is 1.20. The topological polar surface area (TPSA) is 20.2 Å². The van der Waals surface area contributed by atoms with Gasteiger partial charge in [-0.2, -0.15) is 0 Å². The van der Waals surface area contributed by atoms with Gasteiger partial charge in [-0.3, -0.25) is 0 Å². The van der Waals surface area contributed by atoms with Gasteiger partial charge < -0.3 is 5.11 Å². The summed E-state index contributed by atoms with van der Waals surface area (Å²) in [6.07, 6.45) is 3.55. The van der Waals surface area contributed by atoms with Gasteiger partial charge in [0.05, 0.1) is 0 Å². The van der Waals surface area contributed by atoms with Crippen LogP contribution in [0, 0.1) is 5.92 Å². The second kappa shape index (κ2) is 2.36. The lowest BCUT2D eigenvalue weighted by atomic mass is 9.76. The first-order valence-corrected chi connectivity index (χ1v) is 2.86. The maximum Gasteiger partial charge on any atom is 0.109 e. The van der Waals surface area contributed by atoms with Crippen LogP contribution in [0.25, 0.3) is 0 Å². The third-order valence-corrected chi connectivity index (χ3v) is 1.54. The zero-order valence-corrected chi connectivity index (χ0v) is 4.43. The number of hydrogen-bond donors (Lipinski definition) is 1. The van der Waals surface area contributed by atoms with E-state index in [2.05, 4.69) is 7.28 Å². The number of hydrogen-bond acceptors (Lipinski definition) is 1. The van der Waals surface area contributed by atoms with E-state index in [1.54, 1.807) is 0 Å². The van der Waals surface area contributed by atoms with Gasteiger partial charge in [-0.15, -0.1) is 0 Å². The first-order valence-electron chi connectivity index (χ1n) is 2.86. The lowest BCUT2D eigenvalue weighted by Gasteiger charge is -1.99. The molecule has 1 rings (SSSR count). The molecule has 1 nitrogen and oxygen atoms in total. The van der Waals surface area contributed by atoms with Crippen LogP contribution >= 0.6 is 0 Å². The predicted molar refractivity (Wildman–Crippen MR) is 30.6 cm³/mol. The van der Waals surface area contributed by atoms with Crippen LogP contribution < -0.4 is 0 Å². The standard InChI is InChI=1S/C5H10BO/c7-4-5-1-2-6-3-5/h5,7H,1-4H2. The van der Waals surface area contributed by atoms with E-state index < -0.39 is 0 Å². The minimum absolute atomic E-state index is 0.385. The highest BCUT2D eigenvalue weighted by atomic mass is 16.3. The summed E-state index contributed by atoms with van der Waals surface area (Å²) in [7, 11) is 2.25. The third-order valence-electron chi connectivity index (χ3n) is 1.54. The minimum Gasteiger partial charge on any atom is -0.396 e. The van der Waals surface area contributed by atoms with Crippen molar-refractivity contribution in [1.82, 2.24) is 0 Å². The van der Waals surface area contributed by atoms with E-state index in [9.17, 15) is 0 Å². The van der Waals surface area contributed by atoms with Crippen molar-refractivity contribution >= 4 is 7.28 Å². The number of aliphatic hydroxyl groups excluding tert-OH is 1. The van der Waals surface area contributed by atoms with E-state index in [4.69, 9.17) is 5.11 Å². The van der Waals surface area contributed by atoms with E-state index in [1.807, 2.05) is 0 Å². The van der Waals surface area contributed by atoms with Crippen molar-refractivity contribution in [2.75, 3.05) is 6.61 Å². The lowest BCUT2D eigenvalue weighted by molar-refractivity contribution is 0.239. The SMILES string of the molecule is OCC1C[B]CC1. The molecule has 1 aliphatic heterocycles. The largest absolute Gasteiger partial charge is 0.396 e. The molecule has 0 aromatic carbocycles. The van der Waals surface area contributed by atoms with E-state index in [-0.39, 0.29) is 0 Å². The number of aliphatic hydroxyl groups is 1. The predicted octanol–water partition coefficient (Wildman–Crippen LogP) is 0.539. The van der Waals surface area contributed by atoms with Crippen LogP contribution in [0.2, 0.25) is 12.6 Å². The molecule has 1 aliphatic rings. The molecule has 2 heteroatoms. The maximum atomic E-state index is 8.55. The van der Waals surface area contributed by atoms with Crippen molar-refractivity contribution in [2.45, 2.75) is 19.1 Å². The van der Waals surface area contributed by atoms with Crippen LogP contribution in [0.3, 0.4) is 0 Å². The molecule has 0 bridgehead atoms. The summed E-state index contributed by atoms with van der Waals surface area (Å²) in [6, 6.07) is 0.